The summed E-state index contributed by atoms with van der Waals surface area (Å²) >= 11 is 0. The topological polar surface area (TPSA) is 20.2 Å². The van der Waals surface area contributed by atoms with Gasteiger partial charge in [0, 0.05) is 0 Å². The van der Waals surface area contributed by atoms with E-state index in [2.05, 4.69) is 0 Å². The lowest BCUT2D eigenvalue weighted by Crippen LogP contribution is -2.62. The molecule has 80 valence electrons. The smallest absolute Gasteiger partial charge is 0.371 e. The predicted octanol–water partition coefficient (Wildman–Crippen LogP) is 2.20. The van der Waals surface area contributed by atoms with Crippen molar-refractivity contribution in [3.8, 4) is 0 Å². The van der Waals surface area contributed by atoms with Gasteiger partial charge in [-0.1, -0.05) is 0 Å². The van der Waals surface area contributed by atoms with Gasteiger partial charge in [0.2, 0.25) is 0 Å². The summed E-state index contributed by atoms with van der Waals surface area (Å²) in [5.41, 5.74) is -5.29. The lowest BCUT2D eigenvalue weighted by molar-refractivity contribution is -0.382. The second-order valence-electron chi connectivity index (χ2n) is 2.38. The summed E-state index contributed by atoms with van der Waals surface area (Å²) in [6.45, 7) is -0.0129. The Morgan fingerprint density at radius 3 is 1.15 bits per heavy atom. The van der Waals surface area contributed by atoms with Gasteiger partial charge in [-0.05, 0) is 6.92 Å². The van der Waals surface area contributed by atoms with Crippen molar-refractivity contribution in [1.82, 2.24) is 0 Å². The molecule has 0 spiro atoms. The Balaban J connectivity index is 5.22. The van der Waals surface area contributed by atoms with Crippen molar-refractivity contribution >= 4 is 0 Å². The minimum atomic E-state index is -6.08. The first-order valence-electron chi connectivity index (χ1n) is 2.94. The van der Waals surface area contributed by atoms with Gasteiger partial charge >= 0.3 is 12.4 Å². The maximum Gasteiger partial charge on any atom is 0.429 e. The zero-order chi connectivity index (χ0) is 11.1. The number of hydrogen-bond donors (Lipinski definition) is 1. The molecule has 1 atom stereocenters. The van der Waals surface area contributed by atoms with Crippen LogP contribution in [0.2, 0.25) is 0 Å². The Hall–Kier alpha value is -0.530. The van der Waals surface area contributed by atoms with Gasteiger partial charge < -0.3 is 5.11 Å². The van der Waals surface area contributed by atoms with E-state index in [0.717, 1.165) is 0 Å². The molecule has 8 heteroatoms. The molecule has 0 bridgehead atoms. The molecule has 1 N–H and O–H groups in total. The van der Waals surface area contributed by atoms with Crippen molar-refractivity contribution in [3.05, 3.63) is 0 Å². The molecule has 0 rings (SSSR count). The Kier molecular flexibility index (Phi) is 2.88. The second-order valence-corrected chi connectivity index (χ2v) is 2.38. The van der Waals surface area contributed by atoms with Crippen LogP contribution in [-0.4, -0.2) is 29.2 Å². The maximum absolute atomic E-state index is 12.1. The van der Waals surface area contributed by atoms with Crippen molar-refractivity contribution in [1.29, 1.82) is 0 Å². The molecule has 0 fully saturated rings. The molecule has 0 aliphatic carbocycles. The van der Waals surface area contributed by atoms with E-state index in [1.54, 1.807) is 0 Å². The molecule has 13 heavy (non-hydrogen) atoms. The fourth-order valence-electron chi connectivity index (χ4n) is 0.612. The van der Waals surface area contributed by atoms with E-state index in [1.807, 2.05) is 0 Å². The molecule has 0 amide bonds. The molecular formula is C5H5F7O. The fourth-order valence-corrected chi connectivity index (χ4v) is 0.612. The van der Waals surface area contributed by atoms with Gasteiger partial charge in [-0.15, -0.1) is 0 Å². The zero-order valence-electron chi connectivity index (χ0n) is 6.17. The molecular weight excluding hydrogens is 209 g/mol. The van der Waals surface area contributed by atoms with Crippen molar-refractivity contribution in [3.63, 3.8) is 0 Å². The molecule has 0 aromatic heterocycles. The highest BCUT2D eigenvalue weighted by Gasteiger charge is 2.73. The highest BCUT2D eigenvalue weighted by atomic mass is 19.4. The zero-order valence-corrected chi connectivity index (χ0v) is 6.17. The van der Waals surface area contributed by atoms with Crippen molar-refractivity contribution in [2.45, 2.75) is 31.0 Å². The molecule has 0 aliphatic rings. The van der Waals surface area contributed by atoms with Crippen LogP contribution in [0.1, 0.15) is 6.92 Å². The van der Waals surface area contributed by atoms with Gasteiger partial charge in [-0.25, -0.2) is 4.39 Å². The Labute approximate surface area is 68.2 Å². The molecule has 0 aromatic carbocycles. The van der Waals surface area contributed by atoms with Crippen LogP contribution in [-0.2, 0) is 0 Å². The van der Waals surface area contributed by atoms with E-state index in [4.69, 9.17) is 5.11 Å². The average molecular weight is 214 g/mol. The molecule has 0 aromatic rings. The minimum absolute atomic E-state index is 0.0129. The third-order valence-electron chi connectivity index (χ3n) is 1.44. The summed E-state index contributed by atoms with van der Waals surface area (Å²) in [5.74, 6) is 0. The third kappa shape index (κ3) is 1.87. The monoisotopic (exact) mass is 214 g/mol. The normalized spacial score (nSPS) is 17.3. The van der Waals surface area contributed by atoms with Crippen LogP contribution in [0, 0.1) is 0 Å². The van der Waals surface area contributed by atoms with Crippen LogP contribution in [0.3, 0.4) is 0 Å². The predicted molar refractivity (Wildman–Crippen MR) is 27.6 cm³/mol. The number of halogens is 7. The summed E-state index contributed by atoms with van der Waals surface area (Å²) in [4.78, 5) is 0. The van der Waals surface area contributed by atoms with Crippen molar-refractivity contribution in [2.75, 3.05) is 0 Å². The van der Waals surface area contributed by atoms with Crippen LogP contribution in [0.5, 0.6) is 0 Å². The van der Waals surface area contributed by atoms with Gasteiger partial charge in [0.1, 0.15) is 6.17 Å². The Morgan fingerprint density at radius 2 is 1.15 bits per heavy atom. The average Bonchev–Trinajstić information content (AvgIpc) is 1.80. The largest absolute Gasteiger partial charge is 0.429 e. The van der Waals surface area contributed by atoms with Crippen molar-refractivity contribution < 1.29 is 35.8 Å². The summed E-state index contributed by atoms with van der Waals surface area (Å²) in [5, 5.41) is 8.14. The molecule has 0 heterocycles. The summed E-state index contributed by atoms with van der Waals surface area (Å²) in [6.07, 6.45) is -15.6. The first-order chi connectivity index (χ1) is 5.44. The first-order valence-corrected chi connectivity index (χ1v) is 2.94. The lowest BCUT2D eigenvalue weighted by atomic mass is 9.98. The SMILES string of the molecule is C[C@@H](F)C(O)(C(F)(F)F)C(F)(F)F. The van der Waals surface area contributed by atoms with Crippen LogP contribution in [0.4, 0.5) is 30.7 Å². The van der Waals surface area contributed by atoms with Gasteiger partial charge in [0.25, 0.3) is 5.60 Å². The molecule has 0 unspecified atom stereocenters. The van der Waals surface area contributed by atoms with Crippen LogP contribution in [0.15, 0.2) is 0 Å². The fraction of sp³-hybridized carbons (Fsp3) is 1.00. The van der Waals surface area contributed by atoms with E-state index in [1.165, 1.54) is 0 Å². The third-order valence-corrected chi connectivity index (χ3v) is 1.44. The number of rotatable bonds is 1. The van der Waals surface area contributed by atoms with E-state index in [-0.39, 0.29) is 6.92 Å². The maximum atomic E-state index is 12.1. The highest BCUT2D eigenvalue weighted by molar-refractivity contribution is 4.98. The number of alkyl halides is 7. The minimum Gasteiger partial charge on any atom is -0.371 e. The van der Waals surface area contributed by atoms with E-state index < -0.39 is 24.1 Å². The van der Waals surface area contributed by atoms with Crippen LogP contribution >= 0.6 is 0 Å². The van der Waals surface area contributed by atoms with E-state index >= 15 is 0 Å². The highest BCUT2D eigenvalue weighted by Crippen LogP contribution is 2.45. The molecule has 1 nitrogen and oxygen atoms in total. The van der Waals surface area contributed by atoms with Gasteiger partial charge in [-0.3, -0.25) is 0 Å². The Bertz CT molecular complexity index is 164. The van der Waals surface area contributed by atoms with Crippen LogP contribution in [0.25, 0.3) is 0 Å². The standard InChI is InChI=1S/C5H5F7O/c1-2(6)3(13,4(7,8)9)5(10,11)12/h2,13H,1H3/t2-/m1/s1. The first kappa shape index (κ1) is 12.5. The lowest BCUT2D eigenvalue weighted by Gasteiger charge is -2.33. The molecule has 0 aliphatic heterocycles. The molecule has 0 saturated carbocycles. The summed E-state index contributed by atoms with van der Waals surface area (Å²) in [6, 6.07) is 0. The van der Waals surface area contributed by atoms with Crippen LogP contribution < -0.4 is 0 Å². The second kappa shape index (κ2) is 3.00. The summed E-state index contributed by atoms with van der Waals surface area (Å²) in [7, 11) is 0. The molecule has 0 saturated heterocycles. The van der Waals surface area contributed by atoms with E-state index in [0.29, 0.717) is 0 Å². The Morgan fingerprint density at radius 1 is 0.923 bits per heavy atom. The quantitative estimate of drug-likeness (QED) is 0.663. The van der Waals surface area contributed by atoms with Crippen molar-refractivity contribution in [2.24, 2.45) is 0 Å². The van der Waals surface area contributed by atoms with E-state index in [9.17, 15) is 30.7 Å². The number of hydrogen-bond acceptors (Lipinski definition) is 1. The van der Waals surface area contributed by atoms with Gasteiger partial charge in [0.05, 0.1) is 0 Å². The van der Waals surface area contributed by atoms with Gasteiger partial charge in [0.15, 0.2) is 0 Å². The molecule has 0 radical (unpaired) electrons. The summed E-state index contributed by atoms with van der Waals surface area (Å²) < 4.78 is 81.9. The number of aliphatic hydroxyl groups is 1. The van der Waals surface area contributed by atoms with Gasteiger partial charge in [-0.2, -0.15) is 26.3 Å².